The fraction of sp³-hybridized carbons (Fsp3) is 0.429. The summed E-state index contributed by atoms with van der Waals surface area (Å²) < 4.78 is 5.18. The monoisotopic (exact) mass is 164 g/mol. The lowest BCUT2D eigenvalue weighted by Gasteiger charge is -1.99. The lowest BCUT2D eigenvalue weighted by Crippen LogP contribution is -2.10. The molecule has 0 spiro atoms. The van der Waals surface area contributed by atoms with Crippen molar-refractivity contribution < 1.29 is 4.42 Å². The van der Waals surface area contributed by atoms with Crippen LogP contribution in [0.5, 0.6) is 0 Å². The van der Waals surface area contributed by atoms with Gasteiger partial charge in [-0.15, -0.1) is 10.2 Å². The molecule has 0 saturated carbocycles. The molecular weight excluding hydrogens is 156 g/mol. The van der Waals surface area contributed by atoms with E-state index in [1.54, 1.807) is 13.1 Å². The Morgan fingerprint density at radius 1 is 1.33 bits per heavy atom. The summed E-state index contributed by atoms with van der Waals surface area (Å²) in [5.74, 6) is 1.00. The standard InChI is InChI=1S/C7H8N4O/c1-5-10-11-7(12-5)6-4-8-2-3-9-6/h4H,2-3H2,1H3. The molecular formula is C7H8N4O. The van der Waals surface area contributed by atoms with Crippen molar-refractivity contribution in [2.45, 2.75) is 6.92 Å². The molecule has 1 aliphatic heterocycles. The summed E-state index contributed by atoms with van der Waals surface area (Å²) in [6, 6.07) is 0. The number of nitrogens with zero attached hydrogens (tertiary/aromatic N) is 4. The van der Waals surface area contributed by atoms with Crippen LogP contribution in [0.4, 0.5) is 0 Å². The largest absolute Gasteiger partial charge is 0.420 e. The number of aryl methyl sites for hydroxylation is 1. The number of aromatic nitrogens is 2. The molecule has 2 heterocycles. The molecule has 0 amide bonds. The van der Waals surface area contributed by atoms with Crippen molar-refractivity contribution in [1.82, 2.24) is 10.2 Å². The highest BCUT2D eigenvalue weighted by atomic mass is 16.4. The molecule has 12 heavy (non-hydrogen) atoms. The minimum absolute atomic E-state index is 0.455. The maximum Gasteiger partial charge on any atom is 0.267 e. The van der Waals surface area contributed by atoms with Crippen LogP contribution in [-0.4, -0.2) is 35.2 Å². The summed E-state index contributed by atoms with van der Waals surface area (Å²) in [5, 5.41) is 7.53. The molecule has 5 nitrogen and oxygen atoms in total. The molecule has 62 valence electrons. The van der Waals surface area contributed by atoms with Crippen molar-refractivity contribution in [2.24, 2.45) is 9.98 Å². The van der Waals surface area contributed by atoms with Gasteiger partial charge in [-0.05, 0) is 0 Å². The lowest BCUT2D eigenvalue weighted by atomic mass is 10.3. The number of hydrogen-bond donors (Lipinski definition) is 0. The second kappa shape index (κ2) is 2.84. The van der Waals surface area contributed by atoms with E-state index < -0.39 is 0 Å². The van der Waals surface area contributed by atoms with E-state index in [1.807, 2.05) is 0 Å². The third-order valence-electron chi connectivity index (χ3n) is 1.47. The maximum absolute atomic E-state index is 5.18. The van der Waals surface area contributed by atoms with Crippen LogP contribution < -0.4 is 0 Å². The molecule has 0 radical (unpaired) electrons. The average molecular weight is 164 g/mol. The van der Waals surface area contributed by atoms with Crippen LogP contribution in [0.1, 0.15) is 11.8 Å². The second-order valence-corrected chi connectivity index (χ2v) is 2.43. The molecule has 0 saturated heterocycles. The quantitative estimate of drug-likeness (QED) is 0.597. The summed E-state index contributed by atoms with van der Waals surface area (Å²) in [5.41, 5.74) is 0.682. The Bertz CT molecular complexity index is 339. The van der Waals surface area contributed by atoms with E-state index in [0.717, 1.165) is 6.54 Å². The number of rotatable bonds is 1. The molecule has 2 rings (SSSR count). The van der Waals surface area contributed by atoms with Crippen molar-refractivity contribution in [1.29, 1.82) is 0 Å². The first kappa shape index (κ1) is 7.15. The summed E-state index contributed by atoms with van der Waals surface area (Å²) in [7, 11) is 0. The third-order valence-corrected chi connectivity index (χ3v) is 1.47. The minimum atomic E-state index is 0.455. The molecule has 0 bridgehead atoms. The summed E-state index contributed by atoms with van der Waals surface area (Å²) in [6.45, 7) is 3.20. The van der Waals surface area contributed by atoms with Crippen molar-refractivity contribution >= 4 is 11.9 Å². The first-order valence-electron chi connectivity index (χ1n) is 3.71. The topological polar surface area (TPSA) is 63.6 Å². The highest BCUT2D eigenvalue weighted by molar-refractivity contribution is 6.36. The van der Waals surface area contributed by atoms with Crippen molar-refractivity contribution in [2.75, 3.05) is 13.1 Å². The zero-order chi connectivity index (χ0) is 8.39. The Morgan fingerprint density at radius 3 is 2.83 bits per heavy atom. The first-order chi connectivity index (χ1) is 5.86. The smallest absolute Gasteiger partial charge is 0.267 e. The Hall–Kier alpha value is -1.52. The molecule has 5 heteroatoms. The van der Waals surface area contributed by atoms with Crippen LogP contribution in [0.2, 0.25) is 0 Å². The van der Waals surface area contributed by atoms with Gasteiger partial charge in [0.1, 0.15) is 5.71 Å². The van der Waals surface area contributed by atoms with Gasteiger partial charge in [-0.25, -0.2) is 0 Å². The van der Waals surface area contributed by atoms with Crippen molar-refractivity contribution in [3.05, 3.63) is 11.8 Å². The SMILES string of the molecule is Cc1nnc(C2=NCCN=C2)o1. The Morgan fingerprint density at radius 2 is 2.25 bits per heavy atom. The van der Waals surface area contributed by atoms with Gasteiger partial charge in [-0.1, -0.05) is 0 Å². The number of aliphatic imine (C=N–C) groups is 2. The highest BCUT2D eigenvalue weighted by Crippen LogP contribution is 2.01. The Kier molecular flexibility index (Phi) is 1.69. The number of hydrogen-bond acceptors (Lipinski definition) is 5. The average Bonchev–Trinajstić information content (AvgIpc) is 2.54. The molecule has 0 aromatic carbocycles. The van der Waals surface area contributed by atoms with Gasteiger partial charge in [0.15, 0.2) is 0 Å². The molecule has 0 atom stereocenters. The van der Waals surface area contributed by atoms with Gasteiger partial charge in [0.05, 0.1) is 19.3 Å². The highest BCUT2D eigenvalue weighted by Gasteiger charge is 2.09. The molecule has 1 aromatic rings. The van der Waals surface area contributed by atoms with Gasteiger partial charge in [-0.3, -0.25) is 9.98 Å². The van der Waals surface area contributed by atoms with E-state index in [0.29, 0.717) is 24.0 Å². The van der Waals surface area contributed by atoms with Gasteiger partial charge in [0.2, 0.25) is 5.89 Å². The second-order valence-electron chi connectivity index (χ2n) is 2.43. The van der Waals surface area contributed by atoms with E-state index in [9.17, 15) is 0 Å². The minimum Gasteiger partial charge on any atom is -0.420 e. The van der Waals surface area contributed by atoms with Crippen molar-refractivity contribution in [3.8, 4) is 0 Å². The van der Waals surface area contributed by atoms with Gasteiger partial charge in [0, 0.05) is 6.92 Å². The normalized spacial score (nSPS) is 16.2. The first-order valence-corrected chi connectivity index (χ1v) is 3.71. The van der Waals surface area contributed by atoms with E-state index in [2.05, 4.69) is 20.2 Å². The molecule has 0 fully saturated rings. The fourth-order valence-corrected chi connectivity index (χ4v) is 0.943. The molecule has 0 aliphatic carbocycles. The van der Waals surface area contributed by atoms with Gasteiger partial charge in [-0.2, -0.15) is 0 Å². The zero-order valence-corrected chi connectivity index (χ0v) is 6.69. The molecule has 0 unspecified atom stereocenters. The van der Waals surface area contributed by atoms with Crippen LogP contribution in [0, 0.1) is 6.92 Å². The predicted octanol–water partition coefficient (Wildman–Crippen LogP) is 0.252. The van der Waals surface area contributed by atoms with Crippen LogP contribution in [0.15, 0.2) is 14.4 Å². The van der Waals surface area contributed by atoms with Crippen molar-refractivity contribution in [3.63, 3.8) is 0 Å². The summed E-state index contributed by atoms with van der Waals surface area (Å²) in [6.07, 6.45) is 1.66. The van der Waals surface area contributed by atoms with Crippen LogP contribution in [-0.2, 0) is 0 Å². The molecule has 1 aromatic heterocycles. The van der Waals surface area contributed by atoms with Gasteiger partial charge >= 0.3 is 0 Å². The van der Waals surface area contributed by atoms with Crippen LogP contribution >= 0.6 is 0 Å². The van der Waals surface area contributed by atoms with Gasteiger partial charge < -0.3 is 4.42 Å². The Balaban J connectivity index is 2.30. The van der Waals surface area contributed by atoms with E-state index in [-0.39, 0.29) is 0 Å². The summed E-state index contributed by atoms with van der Waals surface area (Å²) >= 11 is 0. The Labute approximate surface area is 69.2 Å². The summed E-state index contributed by atoms with van der Waals surface area (Å²) in [4.78, 5) is 8.24. The van der Waals surface area contributed by atoms with E-state index >= 15 is 0 Å². The van der Waals surface area contributed by atoms with Crippen LogP contribution in [0.3, 0.4) is 0 Å². The fourth-order valence-electron chi connectivity index (χ4n) is 0.943. The third kappa shape index (κ3) is 1.25. The molecule has 1 aliphatic rings. The maximum atomic E-state index is 5.18. The lowest BCUT2D eigenvalue weighted by molar-refractivity contribution is 0.511. The van der Waals surface area contributed by atoms with E-state index in [1.165, 1.54) is 0 Å². The van der Waals surface area contributed by atoms with Crippen LogP contribution in [0.25, 0.3) is 0 Å². The zero-order valence-electron chi connectivity index (χ0n) is 6.69. The predicted molar refractivity (Wildman–Crippen MR) is 43.8 cm³/mol. The molecule has 0 N–H and O–H groups in total. The van der Waals surface area contributed by atoms with Gasteiger partial charge in [0.25, 0.3) is 5.89 Å². The van der Waals surface area contributed by atoms with E-state index in [4.69, 9.17) is 4.42 Å².